The zero-order valence-corrected chi connectivity index (χ0v) is 18.1. The van der Waals surface area contributed by atoms with Gasteiger partial charge in [0.05, 0.1) is 15.5 Å². The van der Waals surface area contributed by atoms with Gasteiger partial charge in [-0.2, -0.15) is 0 Å². The molecule has 168 valence electrons. The molecule has 4 rings (SSSR count). The molecule has 2 aromatic carbocycles. The van der Waals surface area contributed by atoms with Crippen LogP contribution in [0.3, 0.4) is 0 Å². The molecule has 0 saturated carbocycles. The van der Waals surface area contributed by atoms with E-state index in [4.69, 9.17) is 11.6 Å². The molecule has 2 fully saturated rings. The van der Waals surface area contributed by atoms with Crippen LogP contribution in [0.25, 0.3) is 0 Å². The summed E-state index contributed by atoms with van der Waals surface area (Å²) in [5.41, 5.74) is -0.890. The van der Waals surface area contributed by atoms with Gasteiger partial charge in [0.2, 0.25) is 0 Å². The molecule has 0 radical (unpaired) electrons. The summed E-state index contributed by atoms with van der Waals surface area (Å²) in [6.45, 7) is 0.349. The number of hydrogen-bond acceptors (Lipinski definition) is 5. The highest BCUT2D eigenvalue weighted by Gasteiger charge is 2.48. The van der Waals surface area contributed by atoms with Crippen molar-refractivity contribution in [3.8, 4) is 0 Å². The molecule has 2 aliphatic rings. The third-order valence-electron chi connectivity index (χ3n) is 5.49. The molecule has 9 nitrogen and oxygen atoms in total. The lowest BCUT2D eigenvalue weighted by molar-refractivity contribution is -0.125. The molecule has 0 aromatic heterocycles. The molecule has 0 bridgehead atoms. The summed E-state index contributed by atoms with van der Waals surface area (Å²) in [4.78, 5) is 37.8. The van der Waals surface area contributed by atoms with E-state index in [1.165, 1.54) is 35.2 Å². The molecule has 2 aromatic rings. The van der Waals surface area contributed by atoms with Crippen molar-refractivity contribution in [3.05, 3.63) is 58.9 Å². The van der Waals surface area contributed by atoms with Gasteiger partial charge in [0.1, 0.15) is 11.4 Å². The van der Waals surface area contributed by atoms with E-state index in [1.54, 1.807) is 0 Å². The largest absolute Gasteiger partial charge is 0.338 e. The summed E-state index contributed by atoms with van der Waals surface area (Å²) in [6.07, 6.45) is 0.441. The number of benzene rings is 2. The molecule has 2 heterocycles. The summed E-state index contributed by atoms with van der Waals surface area (Å²) in [7, 11) is -4.06. The molecule has 0 atom stereocenters. The quantitative estimate of drug-likeness (QED) is 0.578. The number of hydrogen-bond donors (Lipinski definition) is 3. The van der Waals surface area contributed by atoms with Crippen LogP contribution in [-0.4, -0.2) is 49.8 Å². The van der Waals surface area contributed by atoms with Crippen molar-refractivity contribution in [2.24, 2.45) is 0 Å². The standard InChI is InChI=1S/C20H18ClFN4O5S/c21-16-6-5-14(32(30,31)25-13-3-1-12(22)2-4-13)11-15(16)17(27)26-9-7-20(8-10-26)18(28)23-19(29)24-20/h1-6,11,25H,7-10H2,(H2,23,24,28,29). The fraction of sp³-hybridized carbons (Fsp3) is 0.250. The Morgan fingerprint density at radius 1 is 1.09 bits per heavy atom. The van der Waals surface area contributed by atoms with Gasteiger partial charge in [-0.1, -0.05) is 11.6 Å². The fourth-order valence-corrected chi connectivity index (χ4v) is 4.99. The normalized spacial score (nSPS) is 17.8. The van der Waals surface area contributed by atoms with Crippen molar-refractivity contribution in [1.29, 1.82) is 0 Å². The molecule has 0 unspecified atom stereocenters. The Morgan fingerprint density at radius 3 is 2.34 bits per heavy atom. The first-order chi connectivity index (χ1) is 15.1. The van der Waals surface area contributed by atoms with Gasteiger partial charge in [-0.05, 0) is 55.3 Å². The number of carbonyl (C=O) groups is 3. The van der Waals surface area contributed by atoms with Crippen molar-refractivity contribution >= 4 is 45.2 Å². The molecular weight excluding hydrogens is 463 g/mol. The minimum atomic E-state index is -4.06. The van der Waals surface area contributed by atoms with Gasteiger partial charge in [-0.3, -0.25) is 19.6 Å². The summed E-state index contributed by atoms with van der Waals surface area (Å²) in [6, 6.07) is 7.95. The Morgan fingerprint density at radius 2 is 1.75 bits per heavy atom. The van der Waals surface area contributed by atoms with Gasteiger partial charge >= 0.3 is 6.03 Å². The van der Waals surface area contributed by atoms with Crippen LogP contribution in [0.2, 0.25) is 5.02 Å². The van der Waals surface area contributed by atoms with Crippen molar-refractivity contribution < 1.29 is 27.2 Å². The molecule has 3 N–H and O–H groups in total. The highest BCUT2D eigenvalue weighted by atomic mass is 35.5. The van der Waals surface area contributed by atoms with Gasteiger partial charge in [0.15, 0.2) is 0 Å². The van der Waals surface area contributed by atoms with Gasteiger partial charge in [-0.15, -0.1) is 0 Å². The van der Waals surface area contributed by atoms with Crippen molar-refractivity contribution in [2.75, 3.05) is 17.8 Å². The van der Waals surface area contributed by atoms with Crippen LogP contribution < -0.4 is 15.4 Å². The third kappa shape index (κ3) is 4.13. The maximum absolute atomic E-state index is 13.1. The maximum atomic E-state index is 13.1. The highest BCUT2D eigenvalue weighted by Crippen LogP contribution is 2.29. The molecule has 12 heteroatoms. The zero-order valence-electron chi connectivity index (χ0n) is 16.5. The monoisotopic (exact) mass is 480 g/mol. The van der Waals surface area contributed by atoms with Crippen LogP contribution >= 0.6 is 11.6 Å². The minimum Gasteiger partial charge on any atom is -0.338 e. The third-order valence-corrected chi connectivity index (χ3v) is 7.20. The van der Waals surface area contributed by atoms with Crippen LogP contribution in [0.4, 0.5) is 14.9 Å². The van der Waals surface area contributed by atoms with E-state index in [0.29, 0.717) is 0 Å². The molecule has 2 aliphatic heterocycles. The average Bonchev–Trinajstić information content (AvgIpc) is 3.02. The molecule has 2 saturated heterocycles. The predicted octanol–water partition coefficient (Wildman–Crippen LogP) is 2.09. The second-order valence-electron chi connectivity index (χ2n) is 7.54. The number of piperidine rings is 1. The van der Waals surface area contributed by atoms with E-state index in [2.05, 4.69) is 15.4 Å². The van der Waals surface area contributed by atoms with Crippen LogP contribution in [0.1, 0.15) is 23.2 Å². The number of sulfonamides is 1. The Labute approximate surface area is 188 Å². The van der Waals surface area contributed by atoms with Crippen LogP contribution in [0, 0.1) is 5.82 Å². The first-order valence-electron chi connectivity index (χ1n) is 9.60. The zero-order chi connectivity index (χ0) is 23.1. The molecule has 4 amide bonds. The van der Waals surface area contributed by atoms with E-state index in [9.17, 15) is 27.2 Å². The summed E-state index contributed by atoms with van der Waals surface area (Å²) >= 11 is 6.18. The summed E-state index contributed by atoms with van der Waals surface area (Å²) < 4.78 is 40.8. The highest BCUT2D eigenvalue weighted by molar-refractivity contribution is 7.92. The first-order valence-corrected chi connectivity index (χ1v) is 11.5. The van der Waals surface area contributed by atoms with E-state index in [1.807, 2.05) is 0 Å². The number of urea groups is 1. The maximum Gasteiger partial charge on any atom is 0.322 e. The van der Waals surface area contributed by atoms with Gasteiger partial charge in [0.25, 0.3) is 21.8 Å². The van der Waals surface area contributed by atoms with Crippen molar-refractivity contribution in [3.63, 3.8) is 0 Å². The van der Waals surface area contributed by atoms with Crippen LogP contribution in [0.15, 0.2) is 47.4 Å². The van der Waals surface area contributed by atoms with E-state index >= 15 is 0 Å². The number of carbonyl (C=O) groups excluding carboxylic acids is 3. The Hall–Kier alpha value is -3.18. The number of nitrogens with zero attached hydrogens (tertiary/aromatic N) is 1. The van der Waals surface area contributed by atoms with Crippen LogP contribution in [-0.2, 0) is 14.8 Å². The Balaban J connectivity index is 1.52. The number of imide groups is 1. The smallest absolute Gasteiger partial charge is 0.322 e. The molecule has 32 heavy (non-hydrogen) atoms. The SMILES string of the molecule is O=C1NC(=O)C2(CCN(C(=O)c3cc(S(=O)(=O)Nc4ccc(F)cc4)ccc3Cl)CC2)N1. The lowest BCUT2D eigenvalue weighted by atomic mass is 9.87. The second kappa shape index (κ2) is 8.06. The molecule has 1 spiro atoms. The molecule has 0 aliphatic carbocycles. The Bertz CT molecular complexity index is 1210. The lowest BCUT2D eigenvalue weighted by Gasteiger charge is -2.37. The van der Waals surface area contributed by atoms with Crippen LogP contribution in [0.5, 0.6) is 0 Å². The molecular formula is C20H18ClFN4O5S. The topological polar surface area (TPSA) is 125 Å². The lowest BCUT2D eigenvalue weighted by Crippen LogP contribution is -2.55. The van der Waals surface area contributed by atoms with Gasteiger partial charge < -0.3 is 10.2 Å². The van der Waals surface area contributed by atoms with Crippen molar-refractivity contribution in [1.82, 2.24) is 15.5 Å². The average molecular weight is 481 g/mol. The Kier molecular flexibility index (Phi) is 5.55. The van der Waals surface area contributed by atoms with Crippen molar-refractivity contribution in [2.45, 2.75) is 23.3 Å². The van der Waals surface area contributed by atoms with E-state index in [0.717, 1.165) is 12.1 Å². The number of anilines is 1. The first kappa shape index (κ1) is 22.0. The predicted molar refractivity (Wildman–Crippen MR) is 113 cm³/mol. The number of halogens is 2. The van der Waals surface area contributed by atoms with E-state index < -0.39 is 39.2 Å². The minimum absolute atomic E-state index is 0.00972. The number of nitrogens with one attached hydrogen (secondary N) is 3. The van der Waals surface area contributed by atoms with Gasteiger partial charge in [-0.25, -0.2) is 17.6 Å². The summed E-state index contributed by atoms with van der Waals surface area (Å²) in [5.74, 6) is -1.42. The fourth-order valence-electron chi connectivity index (χ4n) is 3.71. The van der Waals surface area contributed by atoms with Gasteiger partial charge in [0, 0.05) is 18.8 Å². The number of likely N-dealkylation sites (tertiary alicyclic amines) is 1. The van der Waals surface area contributed by atoms with E-state index in [-0.39, 0.29) is 47.1 Å². The number of rotatable bonds is 4. The summed E-state index contributed by atoms with van der Waals surface area (Å²) in [5, 5.41) is 4.88. The number of amides is 4. The second-order valence-corrected chi connectivity index (χ2v) is 9.63.